The summed E-state index contributed by atoms with van der Waals surface area (Å²) >= 11 is 0. The molecule has 2 rings (SSSR count). The van der Waals surface area contributed by atoms with E-state index in [1.165, 1.54) is 0 Å². The van der Waals surface area contributed by atoms with Gasteiger partial charge in [0, 0.05) is 19.0 Å². The molecule has 1 aliphatic rings. The van der Waals surface area contributed by atoms with Crippen molar-refractivity contribution in [3.8, 4) is 0 Å². The van der Waals surface area contributed by atoms with Crippen molar-refractivity contribution in [2.75, 3.05) is 17.2 Å². The van der Waals surface area contributed by atoms with Gasteiger partial charge in [0.1, 0.15) is 5.82 Å². The predicted octanol–water partition coefficient (Wildman–Crippen LogP) is 1.70. The van der Waals surface area contributed by atoms with Crippen LogP contribution in [0.2, 0.25) is 0 Å². The summed E-state index contributed by atoms with van der Waals surface area (Å²) in [6.07, 6.45) is 2.58. The zero-order chi connectivity index (χ0) is 12.4. The number of nitrogens with two attached hydrogens (primary N) is 1. The Hall–Kier alpha value is -1.65. The molecular weight excluding hydrogens is 216 g/mol. The molecule has 1 saturated heterocycles. The summed E-state index contributed by atoms with van der Waals surface area (Å²) < 4.78 is 0. The summed E-state index contributed by atoms with van der Waals surface area (Å²) in [4.78, 5) is 21.9. The molecular formula is C12H18N4O. The minimum atomic E-state index is 0.129. The fourth-order valence-corrected chi connectivity index (χ4v) is 1.95. The van der Waals surface area contributed by atoms with Gasteiger partial charge in [-0.1, -0.05) is 13.8 Å². The van der Waals surface area contributed by atoms with E-state index in [0.29, 0.717) is 12.2 Å². The minimum Gasteiger partial charge on any atom is -0.368 e. The smallest absolute Gasteiger partial charge is 0.228 e. The second kappa shape index (κ2) is 4.69. The van der Waals surface area contributed by atoms with Crippen molar-refractivity contribution in [1.29, 1.82) is 0 Å². The molecule has 5 heteroatoms. The highest BCUT2D eigenvalue weighted by Crippen LogP contribution is 2.22. The van der Waals surface area contributed by atoms with Gasteiger partial charge in [-0.15, -0.1) is 0 Å². The summed E-state index contributed by atoms with van der Waals surface area (Å²) in [5.41, 5.74) is 6.57. The predicted molar refractivity (Wildman–Crippen MR) is 66.7 cm³/mol. The van der Waals surface area contributed by atoms with Gasteiger partial charge in [0.15, 0.2) is 0 Å². The Balaban J connectivity index is 2.33. The molecule has 0 bridgehead atoms. The lowest BCUT2D eigenvalue weighted by atomic mass is 10.1. The van der Waals surface area contributed by atoms with Crippen LogP contribution in [0, 0.1) is 0 Å². The molecule has 1 amide bonds. The molecule has 0 spiro atoms. The van der Waals surface area contributed by atoms with Gasteiger partial charge in [0.25, 0.3) is 0 Å². The Labute approximate surface area is 101 Å². The van der Waals surface area contributed by atoms with Gasteiger partial charge in [-0.25, -0.2) is 4.98 Å². The van der Waals surface area contributed by atoms with Crippen LogP contribution in [0.5, 0.6) is 0 Å². The highest BCUT2D eigenvalue weighted by Gasteiger charge is 2.21. The summed E-state index contributed by atoms with van der Waals surface area (Å²) in [5, 5.41) is 0. The highest BCUT2D eigenvalue weighted by atomic mass is 16.2. The van der Waals surface area contributed by atoms with E-state index in [-0.39, 0.29) is 17.8 Å². The number of anilines is 2. The van der Waals surface area contributed by atoms with Gasteiger partial charge >= 0.3 is 0 Å². The van der Waals surface area contributed by atoms with Crippen LogP contribution >= 0.6 is 0 Å². The zero-order valence-electron chi connectivity index (χ0n) is 10.3. The first-order valence-electron chi connectivity index (χ1n) is 6.02. The van der Waals surface area contributed by atoms with E-state index >= 15 is 0 Å². The average molecular weight is 234 g/mol. The number of aromatic nitrogens is 2. The van der Waals surface area contributed by atoms with Crippen LogP contribution < -0.4 is 10.6 Å². The van der Waals surface area contributed by atoms with Crippen LogP contribution in [0.25, 0.3) is 0 Å². The zero-order valence-corrected chi connectivity index (χ0v) is 10.3. The lowest BCUT2D eigenvalue weighted by molar-refractivity contribution is -0.119. The minimum absolute atomic E-state index is 0.129. The van der Waals surface area contributed by atoms with E-state index in [0.717, 1.165) is 25.1 Å². The molecule has 1 aliphatic heterocycles. The third-order valence-electron chi connectivity index (χ3n) is 2.94. The number of nitrogen functional groups attached to an aromatic ring is 1. The molecule has 1 aromatic rings. The van der Waals surface area contributed by atoms with Crippen LogP contribution in [-0.2, 0) is 4.79 Å². The number of hydrogen-bond donors (Lipinski definition) is 1. The Morgan fingerprint density at radius 3 is 2.76 bits per heavy atom. The quantitative estimate of drug-likeness (QED) is 0.845. The first-order chi connectivity index (χ1) is 8.08. The maximum Gasteiger partial charge on any atom is 0.228 e. The Kier molecular flexibility index (Phi) is 3.26. The first-order valence-corrected chi connectivity index (χ1v) is 6.02. The highest BCUT2D eigenvalue weighted by molar-refractivity contribution is 5.93. The molecule has 0 aliphatic carbocycles. The van der Waals surface area contributed by atoms with E-state index < -0.39 is 0 Å². The fourth-order valence-electron chi connectivity index (χ4n) is 1.95. The van der Waals surface area contributed by atoms with E-state index in [2.05, 4.69) is 9.97 Å². The van der Waals surface area contributed by atoms with E-state index in [9.17, 15) is 4.79 Å². The van der Waals surface area contributed by atoms with Crippen LogP contribution in [0.1, 0.15) is 44.7 Å². The van der Waals surface area contributed by atoms with Crippen LogP contribution in [0.3, 0.4) is 0 Å². The van der Waals surface area contributed by atoms with Gasteiger partial charge < -0.3 is 5.73 Å². The fraction of sp³-hybridized carbons (Fsp3) is 0.583. The molecule has 5 nitrogen and oxygen atoms in total. The van der Waals surface area contributed by atoms with Crippen LogP contribution in [0.15, 0.2) is 6.07 Å². The normalized spacial score (nSPS) is 16.6. The molecule has 0 saturated carbocycles. The first kappa shape index (κ1) is 11.8. The third-order valence-corrected chi connectivity index (χ3v) is 2.94. The van der Waals surface area contributed by atoms with Crippen molar-refractivity contribution in [1.82, 2.24) is 9.97 Å². The number of rotatable bonds is 2. The molecule has 1 aromatic heterocycles. The van der Waals surface area contributed by atoms with Crippen LogP contribution in [0.4, 0.5) is 11.8 Å². The number of nitrogens with zero attached hydrogens (tertiary/aromatic N) is 3. The average Bonchev–Trinajstić information content (AvgIpc) is 2.28. The SMILES string of the molecule is CC(C)c1cc(N2CCCCC2=O)nc(N)n1. The standard InChI is InChI=1S/C12H18N4O/c1-8(2)9-7-10(15-12(13)14-9)16-6-4-3-5-11(16)17/h7-8H,3-6H2,1-2H3,(H2,13,14,15). The second-order valence-corrected chi connectivity index (χ2v) is 4.67. The van der Waals surface area contributed by atoms with Crippen molar-refractivity contribution in [3.63, 3.8) is 0 Å². The lowest BCUT2D eigenvalue weighted by Crippen LogP contribution is -2.36. The maximum atomic E-state index is 11.8. The maximum absolute atomic E-state index is 11.8. The number of amides is 1. The van der Waals surface area contributed by atoms with Crippen molar-refractivity contribution < 1.29 is 4.79 Å². The van der Waals surface area contributed by atoms with Crippen molar-refractivity contribution >= 4 is 17.7 Å². The number of carbonyl (C=O) groups is 1. The summed E-state index contributed by atoms with van der Waals surface area (Å²) in [5.74, 6) is 1.29. The summed E-state index contributed by atoms with van der Waals surface area (Å²) in [7, 11) is 0. The van der Waals surface area contributed by atoms with Gasteiger partial charge in [-0.2, -0.15) is 4.98 Å². The topological polar surface area (TPSA) is 72.1 Å². The molecule has 0 atom stereocenters. The largest absolute Gasteiger partial charge is 0.368 e. The Morgan fingerprint density at radius 1 is 1.35 bits per heavy atom. The molecule has 2 N–H and O–H groups in total. The molecule has 0 unspecified atom stereocenters. The van der Waals surface area contributed by atoms with E-state index in [1.807, 2.05) is 19.9 Å². The molecule has 92 valence electrons. The molecule has 2 heterocycles. The van der Waals surface area contributed by atoms with Crippen molar-refractivity contribution in [2.24, 2.45) is 0 Å². The van der Waals surface area contributed by atoms with Crippen molar-refractivity contribution in [3.05, 3.63) is 11.8 Å². The monoisotopic (exact) mass is 234 g/mol. The molecule has 0 radical (unpaired) electrons. The van der Waals surface area contributed by atoms with Gasteiger partial charge in [0.2, 0.25) is 11.9 Å². The van der Waals surface area contributed by atoms with E-state index in [1.54, 1.807) is 4.90 Å². The van der Waals surface area contributed by atoms with Gasteiger partial charge in [0.05, 0.1) is 5.69 Å². The number of piperidine rings is 1. The number of carbonyl (C=O) groups excluding carboxylic acids is 1. The Bertz CT molecular complexity index is 431. The van der Waals surface area contributed by atoms with Gasteiger partial charge in [-0.3, -0.25) is 9.69 Å². The number of hydrogen-bond acceptors (Lipinski definition) is 4. The summed E-state index contributed by atoms with van der Waals surface area (Å²) in [6.45, 7) is 4.82. The molecule has 17 heavy (non-hydrogen) atoms. The van der Waals surface area contributed by atoms with Gasteiger partial charge in [-0.05, 0) is 18.8 Å². The lowest BCUT2D eigenvalue weighted by Gasteiger charge is -2.26. The second-order valence-electron chi connectivity index (χ2n) is 4.67. The van der Waals surface area contributed by atoms with Crippen LogP contribution in [-0.4, -0.2) is 22.4 Å². The molecule has 1 fully saturated rings. The Morgan fingerprint density at radius 2 is 2.12 bits per heavy atom. The third kappa shape index (κ3) is 2.54. The molecule has 0 aromatic carbocycles. The summed E-state index contributed by atoms with van der Waals surface area (Å²) in [6, 6.07) is 1.87. The van der Waals surface area contributed by atoms with E-state index in [4.69, 9.17) is 5.73 Å². The van der Waals surface area contributed by atoms with Crippen molar-refractivity contribution in [2.45, 2.75) is 39.0 Å².